The highest BCUT2D eigenvalue weighted by Gasteiger charge is 2.37. The summed E-state index contributed by atoms with van der Waals surface area (Å²) in [5.74, 6) is -0.371. The van der Waals surface area contributed by atoms with Crippen LogP contribution in [0.1, 0.15) is 18.4 Å². The molecular formula is C13H12BrNO3S. The van der Waals surface area contributed by atoms with Gasteiger partial charge in [-0.25, -0.2) is 8.42 Å². The highest BCUT2D eigenvalue weighted by Crippen LogP contribution is 2.35. The molecule has 0 N–H and O–H groups in total. The Kier molecular flexibility index (Phi) is 3.02. The van der Waals surface area contributed by atoms with Gasteiger partial charge in [0.15, 0.2) is 0 Å². The van der Waals surface area contributed by atoms with Gasteiger partial charge in [-0.15, -0.1) is 0 Å². The van der Waals surface area contributed by atoms with Gasteiger partial charge in [0.25, 0.3) is 5.91 Å². The number of carbonyl (C=O) groups excluding carboxylic acids is 1. The van der Waals surface area contributed by atoms with E-state index in [-0.39, 0.29) is 15.7 Å². The van der Waals surface area contributed by atoms with Gasteiger partial charge in [0, 0.05) is 17.6 Å². The van der Waals surface area contributed by atoms with Gasteiger partial charge in [0.1, 0.15) is 4.91 Å². The maximum atomic E-state index is 12.4. The summed E-state index contributed by atoms with van der Waals surface area (Å²) in [6.07, 6.45) is 3.37. The molecule has 1 fully saturated rings. The molecule has 100 valence electrons. The van der Waals surface area contributed by atoms with Crippen molar-refractivity contribution >= 4 is 37.8 Å². The van der Waals surface area contributed by atoms with E-state index in [4.69, 9.17) is 0 Å². The Morgan fingerprint density at radius 1 is 1.21 bits per heavy atom. The van der Waals surface area contributed by atoms with Gasteiger partial charge in [-0.1, -0.05) is 15.9 Å². The lowest BCUT2D eigenvalue weighted by atomic mass is 10.2. The van der Waals surface area contributed by atoms with Gasteiger partial charge in [-0.3, -0.25) is 4.79 Å². The summed E-state index contributed by atoms with van der Waals surface area (Å²) in [5.41, 5.74) is 0.580. The fraction of sp³-hybridized carbons (Fsp3) is 0.308. The average molecular weight is 342 g/mol. The maximum Gasteiger partial charge on any atom is 0.265 e. The zero-order valence-electron chi connectivity index (χ0n) is 10.1. The minimum atomic E-state index is -3.65. The molecule has 1 saturated heterocycles. The molecule has 19 heavy (non-hydrogen) atoms. The smallest absolute Gasteiger partial charge is 0.265 e. The number of rotatable bonds is 1. The third-order valence-corrected chi connectivity index (χ3v) is 5.76. The second kappa shape index (κ2) is 4.45. The van der Waals surface area contributed by atoms with Crippen LogP contribution < -0.4 is 0 Å². The Hall–Kier alpha value is -1.14. The van der Waals surface area contributed by atoms with Crippen molar-refractivity contribution in [2.24, 2.45) is 0 Å². The molecule has 3 rings (SSSR count). The summed E-state index contributed by atoms with van der Waals surface area (Å²) in [5, 5.41) is 0. The van der Waals surface area contributed by atoms with Crippen molar-refractivity contribution in [1.29, 1.82) is 0 Å². The molecular weight excluding hydrogens is 330 g/mol. The third kappa shape index (κ3) is 2.03. The number of benzene rings is 1. The zero-order valence-corrected chi connectivity index (χ0v) is 12.5. The molecule has 2 heterocycles. The largest absolute Gasteiger partial charge is 0.338 e. The predicted molar refractivity (Wildman–Crippen MR) is 75.1 cm³/mol. The summed E-state index contributed by atoms with van der Waals surface area (Å²) in [7, 11) is -3.65. The van der Waals surface area contributed by atoms with Crippen LogP contribution in [0, 0.1) is 0 Å². The van der Waals surface area contributed by atoms with Crippen molar-refractivity contribution in [3.8, 4) is 0 Å². The normalized spacial score (nSPS) is 20.3. The second-order valence-electron chi connectivity index (χ2n) is 4.69. The van der Waals surface area contributed by atoms with Crippen molar-refractivity contribution in [2.45, 2.75) is 17.7 Å². The van der Waals surface area contributed by atoms with Crippen LogP contribution in [0.3, 0.4) is 0 Å². The molecule has 2 aliphatic rings. The molecule has 0 bridgehead atoms. The lowest BCUT2D eigenvalue weighted by Gasteiger charge is -2.15. The molecule has 0 aliphatic carbocycles. The number of halogens is 1. The lowest BCUT2D eigenvalue weighted by molar-refractivity contribution is -0.125. The van der Waals surface area contributed by atoms with Crippen LogP contribution in [0.4, 0.5) is 0 Å². The van der Waals surface area contributed by atoms with Crippen LogP contribution in [0.15, 0.2) is 32.5 Å². The fourth-order valence-electron chi connectivity index (χ4n) is 2.47. The standard InChI is InChI=1S/C13H12BrNO3S/c14-10-3-4-11-9(7-10)8-12(19(11,17)18)13(16)15-5-1-2-6-15/h3-4,7-8H,1-2,5-6H2. The molecule has 0 atom stereocenters. The monoisotopic (exact) mass is 341 g/mol. The van der Waals surface area contributed by atoms with E-state index >= 15 is 0 Å². The third-order valence-electron chi connectivity index (χ3n) is 3.44. The number of carbonyl (C=O) groups is 1. The van der Waals surface area contributed by atoms with E-state index < -0.39 is 9.84 Å². The van der Waals surface area contributed by atoms with Crippen LogP contribution in [0.2, 0.25) is 0 Å². The van der Waals surface area contributed by atoms with Gasteiger partial charge in [-0.2, -0.15) is 0 Å². The summed E-state index contributed by atoms with van der Waals surface area (Å²) in [6.45, 7) is 1.29. The molecule has 1 aromatic carbocycles. The summed E-state index contributed by atoms with van der Waals surface area (Å²) in [4.78, 5) is 14.0. The van der Waals surface area contributed by atoms with E-state index in [1.165, 1.54) is 12.1 Å². The molecule has 1 aromatic rings. The first-order chi connectivity index (χ1) is 9.00. The van der Waals surface area contributed by atoms with Crippen molar-refractivity contribution in [3.05, 3.63) is 33.1 Å². The first kappa shape index (κ1) is 12.9. The number of hydrogen-bond acceptors (Lipinski definition) is 3. The second-order valence-corrected chi connectivity index (χ2v) is 7.50. The van der Waals surface area contributed by atoms with E-state index in [0.717, 1.165) is 17.3 Å². The van der Waals surface area contributed by atoms with Crippen LogP contribution >= 0.6 is 15.9 Å². The highest BCUT2D eigenvalue weighted by atomic mass is 79.9. The lowest BCUT2D eigenvalue weighted by Crippen LogP contribution is -2.30. The minimum absolute atomic E-state index is 0.0949. The minimum Gasteiger partial charge on any atom is -0.338 e. The van der Waals surface area contributed by atoms with Crippen LogP contribution in [-0.4, -0.2) is 32.3 Å². The molecule has 4 nitrogen and oxygen atoms in total. The fourth-order valence-corrected chi connectivity index (χ4v) is 4.40. The van der Waals surface area contributed by atoms with E-state index in [1.807, 2.05) is 0 Å². The van der Waals surface area contributed by atoms with E-state index in [2.05, 4.69) is 15.9 Å². The van der Waals surface area contributed by atoms with Gasteiger partial charge >= 0.3 is 0 Å². The number of nitrogens with zero attached hydrogens (tertiary/aromatic N) is 1. The molecule has 0 aromatic heterocycles. The Morgan fingerprint density at radius 2 is 1.89 bits per heavy atom. The maximum absolute atomic E-state index is 12.4. The Bertz CT molecular complexity index is 688. The topological polar surface area (TPSA) is 54.5 Å². The van der Waals surface area contributed by atoms with Crippen molar-refractivity contribution in [1.82, 2.24) is 4.90 Å². The Balaban J connectivity index is 2.05. The van der Waals surface area contributed by atoms with Crippen LogP contribution in [-0.2, 0) is 14.6 Å². The first-order valence-electron chi connectivity index (χ1n) is 6.06. The Morgan fingerprint density at radius 3 is 2.58 bits per heavy atom. The number of amides is 1. The van der Waals surface area contributed by atoms with Crippen molar-refractivity contribution in [3.63, 3.8) is 0 Å². The number of sulfone groups is 1. The van der Waals surface area contributed by atoms with Crippen molar-refractivity contribution in [2.75, 3.05) is 13.1 Å². The molecule has 2 aliphatic heterocycles. The average Bonchev–Trinajstić information content (AvgIpc) is 2.95. The molecule has 0 spiro atoms. The molecule has 1 amide bonds. The van der Waals surface area contributed by atoms with Crippen LogP contribution in [0.25, 0.3) is 6.08 Å². The van der Waals surface area contributed by atoms with Gasteiger partial charge in [0.05, 0.1) is 4.90 Å². The summed E-state index contributed by atoms with van der Waals surface area (Å²) >= 11 is 3.31. The highest BCUT2D eigenvalue weighted by molar-refractivity contribution is 9.10. The number of fused-ring (bicyclic) bond motifs is 1. The van der Waals surface area contributed by atoms with Gasteiger partial charge in [-0.05, 0) is 42.7 Å². The quantitative estimate of drug-likeness (QED) is 0.786. The first-order valence-corrected chi connectivity index (χ1v) is 8.33. The molecule has 6 heteroatoms. The number of likely N-dealkylation sites (tertiary alicyclic amines) is 1. The molecule has 0 saturated carbocycles. The van der Waals surface area contributed by atoms with E-state index in [9.17, 15) is 13.2 Å². The Labute approximate surface area is 120 Å². The van der Waals surface area contributed by atoms with Gasteiger partial charge in [0.2, 0.25) is 9.84 Å². The molecule has 0 unspecified atom stereocenters. The SMILES string of the molecule is O=C(C1=Cc2cc(Br)ccc2S1(=O)=O)N1CCCC1. The number of hydrogen-bond donors (Lipinski definition) is 0. The zero-order chi connectivity index (χ0) is 13.6. The van der Waals surface area contributed by atoms with Crippen LogP contribution in [0.5, 0.6) is 0 Å². The summed E-state index contributed by atoms with van der Waals surface area (Å²) in [6, 6.07) is 4.93. The van der Waals surface area contributed by atoms with E-state index in [0.29, 0.717) is 18.7 Å². The van der Waals surface area contributed by atoms with Crippen molar-refractivity contribution < 1.29 is 13.2 Å². The molecule has 0 radical (unpaired) electrons. The summed E-state index contributed by atoms with van der Waals surface area (Å²) < 4.78 is 25.5. The van der Waals surface area contributed by atoms with Gasteiger partial charge < -0.3 is 4.90 Å². The van der Waals surface area contributed by atoms with E-state index in [1.54, 1.807) is 17.0 Å². The predicted octanol–water partition coefficient (Wildman–Crippen LogP) is 2.20.